The Bertz CT molecular complexity index is 230. The molecule has 0 aromatic carbocycles. The molecule has 1 atom stereocenters. The summed E-state index contributed by atoms with van der Waals surface area (Å²) in [6.07, 6.45) is 25.8. The van der Waals surface area contributed by atoms with Crippen LogP contribution in [0.5, 0.6) is 0 Å². The van der Waals surface area contributed by atoms with Crippen LogP contribution < -0.4 is 0 Å². The van der Waals surface area contributed by atoms with E-state index in [4.69, 9.17) is 5.11 Å². The van der Waals surface area contributed by atoms with Crippen molar-refractivity contribution in [1.29, 1.82) is 0 Å². The highest BCUT2D eigenvalue weighted by atomic mass is 16.3. The molecule has 0 spiro atoms. The van der Waals surface area contributed by atoms with Crippen molar-refractivity contribution in [2.24, 2.45) is 0 Å². The van der Waals surface area contributed by atoms with Crippen molar-refractivity contribution in [2.75, 3.05) is 6.61 Å². The van der Waals surface area contributed by atoms with E-state index in [9.17, 15) is 5.11 Å². The lowest BCUT2D eigenvalue weighted by Gasteiger charge is -2.09. The fourth-order valence-electron chi connectivity index (χ4n) is 3.55. The lowest BCUT2D eigenvalue weighted by molar-refractivity contribution is 0.148. The van der Waals surface area contributed by atoms with Crippen molar-refractivity contribution in [3.8, 4) is 0 Å². The predicted molar refractivity (Wildman–Crippen MR) is 111 cm³/mol. The van der Waals surface area contributed by atoms with Gasteiger partial charge >= 0.3 is 0 Å². The maximum Gasteiger partial charge on any atom is 0.0540 e. The summed E-state index contributed by atoms with van der Waals surface area (Å²) in [5.74, 6) is 0. The topological polar surface area (TPSA) is 40.5 Å². The summed E-state index contributed by atoms with van der Waals surface area (Å²) >= 11 is 0. The maximum absolute atomic E-state index is 9.80. The lowest BCUT2D eigenvalue weighted by atomic mass is 10.0. The summed E-state index contributed by atoms with van der Waals surface area (Å²) < 4.78 is 0. The molecule has 0 heterocycles. The van der Waals surface area contributed by atoms with Gasteiger partial charge in [-0.1, -0.05) is 116 Å². The Morgan fingerprint density at radius 3 is 1.16 bits per heavy atom. The zero-order valence-corrected chi connectivity index (χ0v) is 17.3. The monoisotopic (exact) mass is 356 g/mol. The Balaban J connectivity index is 3.03. The molecule has 152 valence electrons. The molecule has 0 radical (unpaired) electrons. The molecule has 0 aliphatic carbocycles. The zero-order chi connectivity index (χ0) is 18.4. The summed E-state index contributed by atoms with van der Waals surface area (Å²) in [6, 6.07) is 0. The molecule has 1 unspecified atom stereocenters. The molecule has 2 heteroatoms. The first kappa shape index (κ1) is 24.9. The highest BCUT2D eigenvalue weighted by molar-refractivity contribution is 4.56. The van der Waals surface area contributed by atoms with E-state index in [1.807, 2.05) is 0 Å². The van der Waals surface area contributed by atoms with E-state index in [2.05, 4.69) is 6.92 Å². The first-order valence-electron chi connectivity index (χ1n) is 11.6. The van der Waals surface area contributed by atoms with E-state index in [0.717, 1.165) is 19.3 Å². The molecule has 2 N–H and O–H groups in total. The second-order valence-corrected chi connectivity index (χ2v) is 7.97. The number of unbranched alkanes of at least 4 members (excludes halogenated alkanes) is 16. The minimum absolute atomic E-state index is 0.0412. The van der Waals surface area contributed by atoms with Crippen LogP contribution in [0.25, 0.3) is 0 Å². The van der Waals surface area contributed by atoms with E-state index in [-0.39, 0.29) is 6.10 Å². The predicted octanol–water partition coefficient (Wildman–Crippen LogP) is 7.16. The van der Waals surface area contributed by atoms with Crippen LogP contribution >= 0.6 is 0 Å². The summed E-state index contributed by atoms with van der Waals surface area (Å²) in [4.78, 5) is 0. The van der Waals surface area contributed by atoms with E-state index < -0.39 is 0 Å². The normalized spacial score (nSPS) is 12.6. The number of rotatable bonds is 21. The molecule has 0 rings (SSSR count). The van der Waals surface area contributed by atoms with Crippen LogP contribution in [-0.4, -0.2) is 22.9 Å². The largest absolute Gasteiger partial charge is 0.396 e. The van der Waals surface area contributed by atoms with Crippen molar-refractivity contribution in [2.45, 2.75) is 141 Å². The molecule has 0 fully saturated rings. The van der Waals surface area contributed by atoms with E-state index in [1.54, 1.807) is 0 Å². The van der Waals surface area contributed by atoms with Gasteiger partial charge < -0.3 is 10.2 Å². The highest BCUT2D eigenvalue weighted by Gasteiger charge is 2.02. The average molecular weight is 357 g/mol. The number of aliphatic hydroxyl groups excluding tert-OH is 2. The van der Waals surface area contributed by atoms with Gasteiger partial charge in [-0.25, -0.2) is 0 Å². The van der Waals surface area contributed by atoms with Gasteiger partial charge in [0.05, 0.1) is 6.10 Å². The molecule has 0 aromatic rings. The van der Waals surface area contributed by atoms with Gasteiger partial charge in [-0.05, 0) is 19.3 Å². The van der Waals surface area contributed by atoms with Gasteiger partial charge in [0, 0.05) is 6.61 Å². The summed E-state index contributed by atoms with van der Waals surface area (Å²) in [7, 11) is 0. The first-order valence-corrected chi connectivity index (χ1v) is 11.6. The quantitative estimate of drug-likeness (QED) is 0.214. The molecule has 0 saturated carbocycles. The van der Waals surface area contributed by atoms with Crippen LogP contribution in [0.1, 0.15) is 135 Å². The molecule has 0 bridgehead atoms. The molecular formula is C23H48O2. The van der Waals surface area contributed by atoms with Crippen LogP contribution in [0.3, 0.4) is 0 Å². The van der Waals surface area contributed by atoms with Crippen LogP contribution in [0.2, 0.25) is 0 Å². The van der Waals surface area contributed by atoms with Gasteiger partial charge in [0.2, 0.25) is 0 Å². The second kappa shape index (κ2) is 22.0. The van der Waals surface area contributed by atoms with Gasteiger partial charge in [-0.2, -0.15) is 0 Å². The Kier molecular flexibility index (Phi) is 21.9. The van der Waals surface area contributed by atoms with Crippen LogP contribution in [0, 0.1) is 0 Å². The van der Waals surface area contributed by atoms with Gasteiger partial charge in [-0.15, -0.1) is 0 Å². The summed E-state index contributed by atoms with van der Waals surface area (Å²) in [5, 5.41) is 18.5. The molecule has 0 saturated heterocycles. The van der Waals surface area contributed by atoms with Gasteiger partial charge in [0.1, 0.15) is 0 Å². The van der Waals surface area contributed by atoms with E-state index in [1.165, 1.54) is 109 Å². The van der Waals surface area contributed by atoms with Gasteiger partial charge in [-0.3, -0.25) is 0 Å². The Morgan fingerprint density at radius 1 is 0.480 bits per heavy atom. The van der Waals surface area contributed by atoms with Crippen molar-refractivity contribution < 1.29 is 10.2 Å². The third-order valence-corrected chi connectivity index (χ3v) is 5.34. The van der Waals surface area contributed by atoms with Crippen LogP contribution in [0.15, 0.2) is 0 Å². The minimum Gasteiger partial charge on any atom is -0.396 e. The average Bonchev–Trinajstić information content (AvgIpc) is 2.62. The minimum atomic E-state index is -0.0412. The van der Waals surface area contributed by atoms with Crippen molar-refractivity contribution in [1.82, 2.24) is 0 Å². The number of hydrogen-bond acceptors (Lipinski definition) is 2. The van der Waals surface area contributed by atoms with Crippen molar-refractivity contribution in [3.63, 3.8) is 0 Å². The fraction of sp³-hybridized carbons (Fsp3) is 1.00. The molecule has 0 amide bonds. The van der Waals surface area contributed by atoms with Crippen LogP contribution in [-0.2, 0) is 0 Å². The van der Waals surface area contributed by atoms with Crippen molar-refractivity contribution in [3.05, 3.63) is 0 Å². The molecule has 0 aliphatic heterocycles. The molecule has 25 heavy (non-hydrogen) atoms. The van der Waals surface area contributed by atoms with E-state index in [0.29, 0.717) is 6.61 Å². The number of aliphatic hydroxyl groups is 2. The SMILES string of the molecule is CCCCC(O)CCCCCCCCCCCCCCCCCCO. The first-order chi connectivity index (χ1) is 12.3. The Hall–Kier alpha value is -0.0800. The molecule has 0 aliphatic rings. The second-order valence-electron chi connectivity index (χ2n) is 7.97. The Labute approximate surface area is 158 Å². The maximum atomic E-state index is 9.80. The molecular weight excluding hydrogens is 308 g/mol. The molecule has 0 aromatic heterocycles. The zero-order valence-electron chi connectivity index (χ0n) is 17.3. The third-order valence-electron chi connectivity index (χ3n) is 5.34. The van der Waals surface area contributed by atoms with Crippen LogP contribution in [0.4, 0.5) is 0 Å². The number of hydrogen-bond donors (Lipinski definition) is 2. The fourth-order valence-corrected chi connectivity index (χ4v) is 3.55. The van der Waals surface area contributed by atoms with Crippen molar-refractivity contribution >= 4 is 0 Å². The highest BCUT2D eigenvalue weighted by Crippen LogP contribution is 2.15. The van der Waals surface area contributed by atoms with Gasteiger partial charge in [0.15, 0.2) is 0 Å². The molecule has 2 nitrogen and oxygen atoms in total. The van der Waals surface area contributed by atoms with E-state index >= 15 is 0 Å². The van der Waals surface area contributed by atoms with Gasteiger partial charge in [0.25, 0.3) is 0 Å². The smallest absolute Gasteiger partial charge is 0.0540 e. The summed E-state index contributed by atoms with van der Waals surface area (Å²) in [6.45, 7) is 2.55. The Morgan fingerprint density at radius 2 is 0.800 bits per heavy atom. The standard InChI is InChI=1S/C23H48O2/c1-2-3-20-23(25)21-18-16-14-12-10-8-6-4-5-7-9-11-13-15-17-19-22-24/h23-25H,2-22H2,1H3. The third kappa shape index (κ3) is 21.9. The summed E-state index contributed by atoms with van der Waals surface area (Å²) in [5.41, 5.74) is 0. The lowest BCUT2D eigenvalue weighted by Crippen LogP contribution is -2.05.